The molecule has 162 valence electrons. The molecule has 0 aliphatic carbocycles. The maximum atomic E-state index is 11.1. The summed E-state index contributed by atoms with van der Waals surface area (Å²) >= 11 is 0. The van der Waals surface area contributed by atoms with Crippen LogP contribution in [0.4, 0.5) is 0 Å². The maximum absolute atomic E-state index is 11.1. The van der Waals surface area contributed by atoms with E-state index in [0.29, 0.717) is 17.7 Å². The smallest absolute Gasteiger partial charge is 1.00 e. The van der Waals surface area contributed by atoms with Gasteiger partial charge in [0.2, 0.25) is 0 Å². The van der Waals surface area contributed by atoms with E-state index in [4.69, 9.17) is 9.05 Å². The van der Waals surface area contributed by atoms with Gasteiger partial charge in [0.1, 0.15) is 0 Å². The summed E-state index contributed by atoms with van der Waals surface area (Å²) in [6.45, 7) is 2.24. The average molecular weight is 567 g/mol. The van der Waals surface area contributed by atoms with Gasteiger partial charge < -0.3 is 24.0 Å². The van der Waals surface area contributed by atoms with Gasteiger partial charge in [-0.25, -0.2) is 0 Å². The molecule has 0 amide bonds. The Kier molecular flexibility index (Phi) is 16.3. The van der Waals surface area contributed by atoms with Crippen molar-refractivity contribution in [2.45, 2.75) is 58.3 Å². The first-order chi connectivity index (χ1) is 12.7. The molecule has 0 spiro atoms. The normalized spacial score (nSPS) is 11.1. The van der Waals surface area contributed by atoms with Crippen LogP contribution in [-0.4, -0.2) is 11.1 Å². The van der Waals surface area contributed by atoms with Crippen LogP contribution >= 0.6 is 7.94 Å². The average Bonchev–Trinajstić information content (AvgIpc) is 2.65. The van der Waals surface area contributed by atoms with E-state index in [2.05, 4.69) is 6.92 Å². The van der Waals surface area contributed by atoms with Crippen LogP contribution in [0.25, 0.3) is 0 Å². The number of halogens is 1. The van der Waals surface area contributed by atoms with Gasteiger partial charge in [-0.2, -0.15) is 0 Å². The van der Waals surface area contributed by atoms with E-state index in [1.807, 2.05) is 60.7 Å². The summed E-state index contributed by atoms with van der Waals surface area (Å²) in [7, 11) is -3.31. The summed E-state index contributed by atoms with van der Waals surface area (Å²) in [5.74, 6) is 1.33. The number of rotatable bonds is 13. The first-order valence-electron chi connectivity index (χ1n) is 9.92. The Labute approximate surface area is 198 Å². The van der Waals surface area contributed by atoms with Crippen LogP contribution in [0.2, 0.25) is 0 Å². The molecule has 3 nitrogen and oxygen atoms in total. The van der Waals surface area contributed by atoms with E-state index in [0.717, 1.165) is 12.8 Å². The van der Waals surface area contributed by atoms with Crippen LogP contribution in [0.3, 0.4) is 0 Å². The van der Waals surface area contributed by atoms with Gasteiger partial charge in [0, 0.05) is 0 Å². The van der Waals surface area contributed by atoms with Crippen molar-refractivity contribution in [3.8, 4) is 11.5 Å². The van der Waals surface area contributed by atoms with Gasteiger partial charge in [0.25, 0.3) is 0 Å². The van der Waals surface area contributed by atoms with Crippen molar-refractivity contribution >= 4 is 7.94 Å². The summed E-state index contributed by atoms with van der Waals surface area (Å²) in [5.41, 5.74) is 0. The summed E-state index contributed by atoms with van der Waals surface area (Å²) in [6.07, 6.45) is 10.4. The number of hydrogen-bond acceptors (Lipinski definition) is 3. The van der Waals surface area contributed by atoms with Crippen LogP contribution in [0, 0.1) is 0 Å². The number of benzene rings is 2. The monoisotopic (exact) mass is 566 g/mol. The standard InChI is InChI=1S/C22H33O3P.Cu.HI/c1-2-3-4-5-6-7-8-15-20-26(23,24-21-16-11-9-12-17-21)25-22-18-13-10-14-19-22;;/h9-14,16-19,23,26H,2-8,15,20H2,1H3;;1H/q;+1;/p-1. The van der Waals surface area contributed by atoms with Gasteiger partial charge in [-0.15, -0.1) is 0 Å². The Bertz CT molecular complexity index is 560. The molecule has 0 bridgehead atoms. The molecule has 0 radical (unpaired) electrons. The topological polar surface area (TPSA) is 38.7 Å². The Morgan fingerprint density at radius 1 is 0.679 bits per heavy atom. The molecule has 2 aromatic rings. The second-order valence-electron chi connectivity index (χ2n) is 6.77. The third kappa shape index (κ3) is 11.6. The van der Waals surface area contributed by atoms with Gasteiger partial charge in [0.05, 0.1) is 0 Å². The second-order valence-corrected chi connectivity index (χ2v) is 9.10. The molecular formula is C22H33CuIO3P. The van der Waals surface area contributed by atoms with E-state index in [-0.39, 0.29) is 41.0 Å². The molecule has 0 saturated heterocycles. The predicted octanol–water partition coefficient (Wildman–Crippen LogP) is 3.77. The molecule has 0 fully saturated rings. The van der Waals surface area contributed by atoms with E-state index >= 15 is 0 Å². The summed E-state index contributed by atoms with van der Waals surface area (Å²) in [6, 6.07) is 18.9. The Hall–Kier alpha value is -0.321. The van der Waals surface area contributed by atoms with Crippen LogP contribution in [0.15, 0.2) is 60.7 Å². The molecular weight excluding hydrogens is 534 g/mol. The van der Waals surface area contributed by atoms with E-state index in [1.54, 1.807) is 0 Å². The third-order valence-corrected chi connectivity index (χ3v) is 6.48. The van der Waals surface area contributed by atoms with E-state index < -0.39 is 7.94 Å². The number of hydrogen-bond donors (Lipinski definition) is 1. The van der Waals surface area contributed by atoms with Crippen molar-refractivity contribution in [1.29, 1.82) is 0 Å². The molecule has 0 saturated carbocycles. The van der Waals surface area contributed by atoms with Crippen molar-refractivity contribution in [2.75, 3.05) is 6.16 Å². The minimum atomic E-state index is -3.31. The van der Waals surface area contributed by atoms with Gasteiger partial charge in [-0.05, 0) is 0 Å². The summed E-state index contributed by atoms with van der Waals surface area (Å²) in [5, 5.41) is 0. The fourth-order valence-corrected chi connectivity index (χ4v) is 4.90. The predicted molar refractivity (Wildman–Crippen MR) is 112 cm³/mol. The number of unbranched alkanes of at least 4 members (excludes halogenated alkanes) is 7. The molecule has 0 heterocycles. The van der Waals surface area contributed by atoms with E-state index in [1.165, 1.54) is 38.5 Å². The fraction of sp³-hybridized carbons (Fsp3) is 0.455. The van der Waals surface area contributed by atoms with Crippen LogP contribution in [0.5, 0.6) is 11.5 Å². The van der Waals surface area contributed by atoms with Gasteiger partial charge in [-0.1, -0.05) is 0 Å². The van der Waals surface area contributed by atoms with E-state index in [9.17, 15) is 4.89 Å². The molecule has 2 aromatic carbocycles. The second kappa shape index (κ2) is 16.5. The fourth-order valence-electron chi connectivity index (χ4n) is 2.95. The molecule has 0 aliphatic rings. The zero-order chi connectivity index (χ0) is 18.5. The number of para-hydroxylation sites is 2. The quantitative estimate of drug-likeness (QED) is 0.174. The molecule has 6 heteroatoms. The molecule has 0 aliphatic heterocycles. The summed E-state index contributed by atoms with van der Waals surface area (Å²) in [4.78, 5) is 11.1. The first-order valence-corrected chi connectivity index (χ1v) is 11.9. The molecule has 0 unspecified atom stereocenters. The minimum absolute atomic E-state index is 0. The Morgan fingerprint density at radius 3 is 1.50 bits per heavy atom. The van der Waals surface area contributed by atoms with Crippen molar-refractivity contribution < 1.29 is 55.0 Å². The SMILES string of the molecule is CCCCCCCCCC[PH](O)(Oc1ccccc1)Oc1ccccc1.[Cu+].[I-]. The zero-order valence-electron chi connectivity index (χ0n) is 16.6. The largest absolute Gasteiger partial charge is 1.00 e. The van der Waals surface area contributed by atoms with Crippen LogP contribution in [-0.2, 0) is 17.1 Å². The Morgan fingerprint density at radius 2 is 1.07 bits per heavy atom. The van der Waals surface area contributed by atoms with Crippen molar-refractivity contribution in [3.05, 3.63) is 60.7 Å². The Balaban J connectivity index is 0.00000364. The van der Waals surface area contributed by atoms with Gasteiger partial charge in [-0.3, -0.25) is 0 Å². The van der Waals surface area contributed by atoms with Crippen LogP contribution < -0.4 is 33.0 Å². The minimum Gasteiger partial charge on any atom is -1.00 e. The summed E-state index contributed by atoms with van der Waals surface area (Å²) < 4.78 is 11.9. The maximum Gasteiger partial charge on any atom is 1.00 e. The third-order valence-electron chi connectivity index (χ3n) is 4.39. The van der Waals surface area contributed by atoms with Crippen molar-refractivity contribution in [2.24, 2.45) is 0 Å². The zero-order valence-corrected chi connectivity index (χ0v) is 20.7. The van der Waals surface area contributed by atoms with Gasteiger partial charge >= 0.3 is 176 Å². The van der Waals surface area contributed by atoms with Gasteiger partial charge in [0.15, 0.2) is 0 Å². The van der Waals surface area contributed by atoms with Crippen LogP contribution in [0.1, 0.15) is 58.3 Å². The molecule has 0 aromatic heterocycles. The molecule has 2 rings (SSSR count). The van der Waals surface area contributed by atoms with Crippen molar-refractivity contribution in [1.82, 2.24) is 0 Å². The molecule has 1 N–H and O–H groups in total. The molecule has 0 atom stereocenters. The van der Waals surface area contributed by atoms with Crippen molar-refractivity contribution in [3.63, 3.8) is 0 Å². The first kappa shape index (κ1) is 27.7. The molecule has 28 heavy (non-hydrogen) atoms.